The van der Waals surface area contributed by atoms with E-state index in [9.17, 15) is 0 Å². The summed E-state index contributed by atoms with van der Waals surface area (Å²) in [5.74, 6) is 0.745. The van der Waals surface area contributed by atoms with E-state index in [1.165, 1.54) is 17.4 Å². The van der Waals surface area contributed by atoms with Crippen LogP contribution in [0.25, 0.3) is 0 Å². The third kappa shape index (κ3) is 1.96. The van der Waals surface area contributed by atoms with E-state index in [2.05, 4.69) is 39.1 Å². The maximum atomic E-state index is 9.05. The molecule has 2 aliphatic heterocycles. The second-order valence-electron chi connectivity index (χ2n) is 5.87. The van der Waals surface area contributed by atoms with Gasteiger partial charge in [0.05, 0.1) is 12.4 Å². The summed E-state index contributed by atoms with van der Waals surface area (Å²) in [4.78, 5) is 10.8. The number of nitrogens with zero attached hydrogens (tertiary/aromatic N) is 4. The molecule has 0 bridgehead atoms. The molecule has 2 aliphatic rings. The Kier molecular flexibility index (Phi) is 3.05. The number of para-hydroxylation sites is 1. The highest BCUT2D eigenvalue weighted by atomic mass is 16.5. The first-order valence-electron chi connectivity index (χ1n) is 7.49. The molecule has 110 valence electrons. The lowest BCUT2D eigenvalue weighted by atomic mass is 9.76. The van der Waals surface area contributed by atoms with Gasteiger partial charge in [0.15, 0.2) is 11.5 Å². The van der Waals surface area contributed by atoms with Gasteiger partial charge in [-0.2, -0.15) is 5.26 Å². The van der Waals surface area contributed by atoms with Crippen LogP contribution in [0, 0.1) is 11.3 Å². The van der Waals surface area contributed by atoms with Crippen molar-refractivity contribution >= 4 is 11.5 Å². The van der Waals surface area contributed by atoms with Gasteiger partial charge in [-0.1, -0.05) is 18.2 Å². The van der Waals surface area contributed by atoms with Crippen LogP contribution in [0.2, 0.25) is 0 Å². The summed E-state index contributed by atoms with van der Waals surface area (Å²) in [6.07, 6.45) is 5.27. The zero-order chi connectivity index (χ0) is 15.0. The Labute approximate surface area is 129 Å². The van der Waals surface area contributed by atoms with Crippen molar-refractivity contribution in [2.24, 2.45) is 0 Å². The van der Waals surface area contributed by atoms with Crippen molar-refractivity contribution in [1.29, 1.82) is 5.26 Å². The molecule has 1 aromatic carbocycles. The number of fused-ring (bicyclic) bond motifs is 2. The minimum Gasteiger partial charge on any atom is -0.381 e. The number of aromatic nitrogens is 2. The molecule has 2 aromatic rings. The third-order valence-electron chi connectivity index (χ3n) is 4.69. The first kappa shape index (κ1) is 13.2. The molecule has 3 heterocycles. The minimum atomic E-state index is 0.124. The number of hydrogen-bond acceptors (Lipinski definition) is 5. The average Bonchev–Trinajstić information content (AvgIpc) is 2.90. The summed E-state index contributed by atoms with van der Waals surface area (Å²) in [6, 6.07) is 10.5. The van der Waals surface area contributed by atoms with Gasteiger partial charge >= 0.3 is 0 Å². The normalized spacial score (nSPS) is 19.0. The van der Waals surface area contributed by atoms with Crippen LogP contribution in [0.1, 0.15) is 24.1 Å². The SMILES string of the molecule is N#Cc1cncc(N2CC3(CCOCC3)c3ccccc32)n1. The predicted molar refractivity (Wildman–Crippen MR) is 81.9 cm³/mol. The van der Waals surface area contributed by atoms with Crippen LogP contribution in [-0.2, 0) is 10.2 Å². The fourth-order valence-electron chi connectivity index (χ4n) is 3.56. The van der Waals surface area contributed by atoms with E-state index in [4.69, 9.17) is 10.00 Å². The number of rotatable bonds is 1. The van der Waals surface area contributed by atoms with Gasteiger partial charge in [0, 0.05) is 30.9 Å². The highest BCUT2D eigenvalue weighted by Gasteiger charge is 2.44. The zero-order valence-corrected chi connectivity index (χ0v) is 12.2. The Morgan fingerprint density at radius 2 is 2.00 bits per heavy atom. The predicted octanol–water partition coefficient (Wildman–Crippen LogP) is 2.55. The molecule has 1 spiro atoms. The molecule has 4 rings (SSSR count). The summed E-state index contributed by atoms with van der Waals surface area (Å²) >= 11 is 0. The van der Waals surface area contributed by atoms with Crippen LogP contribution in [0.4, 0.5) is 11.5 Å². The molecule has 0 amide bonds. The molecule has 1 fully saturated rings. The molecule has 0 radical (unpaired) electrons. The van der Waals surface area contributed by atoms with Gasteiger partial charge < -0.3 is 9.64 Å². The summed E-state index contributed by atoms with van der Waals surface area (Å²) in [5, 5.41) is 9.05. The molecule has 0 saturated carbocycles. The number of anilines is 2. The van der Waals surface area contributed by atoms with Gasteiger partial charge in [0.2, 0.25) is 0 Å². The highest BCUT2D eigenvalue weighted by molar-refractivity contribution is 5.70. The van der Waals surface area contributed by atoms with Crippen molar-refractivity contribution in [2.75, 3.05) is 24.7 Å². The molecule has 22 heavy (non-hydrogen) atoms. The molecule has 0 atom stereocenters. The van der Waals surface area contributed by atoms with Gasteiger partial charge in [-0.25, -0.2) is 4.98 Å². The van der Waals surface area contributed by atoms with E-state index in [-0.39, 0.29) is 5.41 Å². The molecular weight excluding hydrogens is 276 g/mol. The topological polar surface area (TPSA) is 62.0 Å². The monoisotopic (exact) mass is 292 g/mol. The van der Waals surface area contributed by atoms with Crippen LogP contribution < -0.4 is 4.90 Å². The average molecular weight is 292 g/mol. The fourth-order valence-corrected chi connectivity index (χ4v) is 3.56. The van der Waals surface area contributed by atoms with E-state index >= 15 is 0 Å². The molecule has 1 saturated heterocycles. The van der Waals surface area contributed by atoms with E-state index in [1.807, 2.05) is 6.07 Å². The molecule has 0 unspecified atom stereocenters. The molecule has 0 N–H and O–H groups in total. The van der Waals surface area contributed by atoms with Gasteiger partial charge in [-0.15, -0.1) is 0 Å². The molecule has 0 aliphatic carbocycles. The fraction of sp³-hybridized carbons (Fsp3) is 0.353. The Balaban J connectivity index is 1.80. The highest BCUT2D eigenvalue weighted by Crippen LogP contribution is 2.48. The lowest BCUT2D eigenvalue weighted by Crippen LogP contribution is -2.37. The van der Waals surface area contributed by atoms with Crippen molar-refractivity contribution in [3.05, 3.63) is 47.9 Å². The second kappa shape index (κ2) is 5.08. The standard InChI is InChI=1S/C17H16N4O/c18-9-13-10-19-11-16(20-13)21-12-17(5-7-22-8-6-17)14-3-1-2-4-15(14)21/h1-4,10-11H,5-8,12H2. The molecule has 5 heteroatoms. The lowest BCUT2D eigenvalue weighted by Gasteiger charge is -2.34. The number of ether oxygens (including phenoxy) is 1. The minimum absolute atomic E-state index is 0.124. The number of nitriles is 1. The first-order valence-corrected chi connectivity index (χ1v) is 7.49. The van der Waals surface area contributed by atoms with Crippen LogP contribution in [0.5, 0.6) is 0 Å². The van der Waals surface area contributed by atoms with Gasteiger partial charge in [0.1, 0.15) is 6.07 Å². The van der Waals surface area contributed by atoms with E-state index < -0.39 is 0 Å². The maximum Gasteiger partial charge on any atom is 0.161 e. The molecular formula is C17H16N4O. The third-order valence-corrected chi connectivity index (χ3v) is 4.69. The summed E-state index contributed by atoms with van der Waals surface area (Å²) in [6.45, 7) is 2.47. The maximum absolute atomic E-state index is 9.05. The quantitative estimate of drug-likeness (QED) is 0.808. The smallest absolute Gasteiger partial charge is 0.161 e. The van der Waals surface area contributed by atoms with Gasteiger partial charge in [-0.05, 0) is 24.5 Å². The summed E-state index contributed by atoms with van der Waals surface area (Å²) < 4.78 is 5.56. The molecule has 5 nitrogen and oxygen atoms in total. The van der Waals surface area contributed by atoms with Crippen molar-refractivity contribution in [2.45, 2.75) is 18.3 Å². The van der Waals surface area contributed by atoms with Crippen LogP contribution >= 0.6 is 0 Å². The van der Waals surface area contributed by atoms with Crippen molar-refractivity contribution in [3.8, 4) is 6.07 Å². The zero-order valence-electron chi connectivity index (χ0n) is 12.2. The Bertz CT molecular complexity index is 746. The second-order valence-corrected chi connectivity index (χ2v) is 5.87. The van der Waals surface area contributed by atoms with Crippen molar-refractivity contribution in [1.82, 2.24) is 9.97 Å². The van der Waals surface area contributed by atoms with Crippen LogP contribution in [-0.4, -0.2) is 29.7 Å². The Morgan fingerprint density at radius 1 is 1.18 bits per heavy atom. The molecule has 1 aromatic heterocycles. The van der Waals surface area contributed by atoms with E-state index in [1.54, 1.807) is 6.20 Å². The van der Waals surface area contributed by atoms with E-state index in [0.29, 0.717) is 5.69 Å². The van der Waals surface area contributed by atoms with Crippen LogP contribution in [0.15, 0.2) is 36.7 Å². The van der Waals surface area contributed by atoms with Gasteiger partial charge in [0.25, 0.3) is 0 Å². The lowest BCUT2D eigenvalue weighted by molar-refractivity contribution is 0.0558. The Hall–Kier alpha value is -2.45. The largest absolute Gasteiger partial charge is 0.381 e. The van der Waals surface area contributed by atoms with Crippen LogP contribution in [0.3, 0.4) is 0 Å². The first-order chi connectivity index (χ1) is 10.8. The number of benzene rings is 1. The van der Waals surface area contributed by atoms with Gasteiger partial charge in [-0.3, -0.25) is 4.98 Å². The summed E-state index contributed by atoms with van der Waals surface area (Å²) in [5.41, 5.74) is 3.01. The van der Waals surface area contributed by atoms with E-state index in [0.717, 1.165) is 38.4 Å². The number of hydrogen-bond donors (Lipinski definition) is 0. The van der Waals surface area contributed by atoms with Crippen molar-refractivity contribution < 1.29 is 4.74 Å². The Morgan fingerprint density at radius 3 is 2.82 bits per heavy atom. The van der Waals surface area contributed by atoms with Crippen molar-refractivity contribution in [3.63, 3.8) is 0 Å². The summed E-state index contributed by atoms with van der Waals surface area (Å²) in [7, 11) is 0.